The number of nitrogens with two attached hydrogens (primary N) is 1. The number of nitrogens with one attached hydrogen (secondary N) is 1. The number of rotatable bonds is 6. The molecule has 2 heterocycles. The van der Waals surface area contributed by atoms with Gasteiger partial charge in [0.1, 0.15) is 0 Å². The summed E-state index contributed by atoms with van der Waals surface area (Å²) in [5, 5.41) is 0. The second-order valence-electron chi connectivity index (χ2n) is 6.05. The summed E-state index contributed by atoms with van der Waals surface area (Å²) in [6, 6.07) is 0.266. The Labute approximate surface area is 122 Å². The van der Waals surface area contributed by atoms with Gasteiger partial charge >= 0.3 is 0 Å². The summed E-state index contributed by atoms with van der Waals surface area (Å²) in [5.74, 6) is 0.302. The van der Waals surface area contributed by atoms with E-state index in [1.54, 1.807) is 4.31 Å². The lowest BCUT2D eigenvalue weighted by atomic mass is 10.0. The Bertz CT molecular complexity index is 395. The Hall–Kier alpha value is -0.210. The summed E-state index contributed by atoms with van der Waals surface area (Å²) in [5.41, 5.74) is 5.67. The zero-order valence-corrected chi connectivity index (χ0v) is 13.2. The number of hydrogen-bond donors (Lipinski definition) is 2. The largest absolute Gasteiger partial charge is 0.330 e. The second-order valence-corrected chi connectivity index (χ2v) is 7.80. The van der Waals surface area contributed by atoms with Gasteiger partial charge in [-0.15, -0.1) is 0 Å². The molecule has 2 aliphatic heterocycles. The van der Waals surface area contributed by atoms with Gasteiger partial charge in [0.15, 0.2) is 0 Å². The van der Waals surface area contributed by atoms with Crippen LogP contribution in [0.3, 0.4) is 0 Å². The molecule has 0 aliphatic carbocycles. The zero-order valence-electron chi connectivity index (χ0n) is 12.4. The van der Waals surface area contributed by atoms with Gasteiger partial charge in [-0.2, -0.15) is 12.7 Å². The van der Waals surface area contributed by atoms with Crippen molar-refractivity contribution < 1.29 is 8.42 Å². The van der Waals surface area contributed by atoms with Gasteiger partial charge in [0.2, 0.25) is 0 Å². The second kappa shape index (κ2) is 7.17. The third kappa shape index (κ3) is 4.14. The maximum atomic E-state index is 12.3. The fraction of sp³-hybridized carbons (Fsp3) is 1.00. The van der Waals surface area contributed by atoms with Gasteiger partial charge in [-0.05, 0) is 58.2 Å². The smallest absolute Gasteiger partial charge is 0.279 e. The molecular weight excluding hydrogens is 276 g/mol. The maximum Gasteiger partial charge on any atom is 0.279 e. The van der Waals surface area contributed by atoms with Gasteiger partial charge in [0, 0.05) is 25.7 Å². The lowest BCUT2D eigenvalue weighted by Gasteiger charge is -2.32. The molecule has 0 saturated carbocycles. The quantitative estimate of drug-likeness (QED) is 0.723. The fourth-order valence-corrected chi connectivity index (χ4v) is 4.48. The van der Waals surface area contributed by atoms with Crippen molar-refractivity contribution in [3.8, 4) is 0 Å². The third-order valence-electron chi connectivity index (χ3n) is 4.48. The van der Waals surface area contributed by atoms with Crippen LogP contribution in [-0.4, -0.2) is 62.9 Å². The molecule has 2 atom stereocenters. The molecule has 0 aromatic rings. The minimum absolute atomic E-state index is 0.266. The molecule has 3 N–H and O–H groups in total. The van der Waals surface area contributed by atoms with Crippen molar-refractivity contribution >= 4 is 10.2 Å². The number of hydrogen-bond acceptors (Lipinski definition) is 4. The predicted octanol–water partition coefficient (Wildman–Crippen LogP) is -0.0242. The highest BCUT2D eigenvalue weighted by Gasteiger charge is 2.29. The van der Waals surface area contributed by atoms with Gasteiger partial charge in [-0.25, -0.2) is 4.72 Å². The SMILES string of the molecule is CC(CNS(=O)(=O)N1CCCC(CN)C1)N1CCCC1. The third-order valence-corrected chi connectivity index (χ3v) is 6.02. The predicted molar refractivity (Wildman–Crippen MR) is 80.5 cm³/mol. The average Bonchev–Trinajstić information content (AvgIpc) is 2.99. The molecule has 7 heteroatoms. The lowest BCUT2D eigenvalue weighted by Crippen LogP contribution is -2.50. The minimum atomic E-state index is -3.35. The maximum absolute atomic E-state index is 12.3. The Morgan fingerprint density at radius 1 is 1.25 bits per heavy atom. The Morgan fingerprint density at radius 3 is 2.60 bits per heavy atom. The monoisotopic (exact) mass is 304 g/mol. The van der Waals surface area contributed by atoms with Crippen LogP contribution < -0.4 is 10.5 Å². The van der Waals surface area contributed by atoms with E-state index in [2.05, 4.69) is 16.5 Å². The van der Waals surface area contributed by atoms with Crippen LogP contribution in [0, 0.1) is 5.92 Å². The summed E-state index contributed by atoms with van der Waals surface area (Å²) >= 11 is 0. The molecule has 0 spiro atoms. The molecular formula is C13H28N4O2S. The highest BCUT2D eigenvalue weighted by atomic mass is 32.2. The molecule has 2 fully saturated rings. The van der Waals surface area contributed by atoms with Crippen molar-refractivity contribution in [3.63, 3.8) is 0 Å². The Balaban J connectivity index is 1.83. The van der Waals surface area contributed by atoms with E-state index < -0.39 is 10.2 Å². The summed E-state index contributed by atoms with van der Waals surface area (Å²) in [4.78, 5) is 2.35. The van der Waals surface area contributed by atoms with Crippen LogP contribution in [0.1, 0.15) is 32.6 Å². The fourth-order valence-electron chi connectivity index (χ4n) is 3.07. The minimum Gasteiger partial charge on any atom is -0.330 e. The first kappa shape index (κ1) is 16.2. The molecule has 0 radical (unpaired) electrons. The number of likely N-dealkylation sites (tertiary alicyclic amines) is 1. The molecule has 0 aromatic carbocycles. The topological polar surface area (TPSA) is 78.7 Å². The van der Waals surface area contributed by atoms with Crippen LogP contribution in [0.2, 0.25) is 0 Å². The zero-order chi connectivity index (χ0) is 14.6. The van der Waals surface area contributed by atoms with Crippen molar-refractivity contribution in [2.75, 3.05) is 39.3 Å². The highest BCUT2D eigenvalue weighted by Crippen LogP contribution is 2.17. The molecule has 6 nitrogen and oxygen atoms in total. The first-order valence-electron chi connectivity index (χ1n) is 7.72. The summed E-state index contributed by atoms with van der Waals surface area (Å²) < 4.78 is 29.0. The molecule has 118 valence electrons. The van der Waals surface area contributed by atoms with Gasteiger partial charge in [-0.3, -0.25) is 4.90 Å². The van der Waals surface area contributed by atoms with Gasteiger partial charge in [-0.1, -0.05) is 0 Å². The van der Waals surface area contributed by atoms with Crippen LogP contribution in [0.4, 0.5) is 0 Å². The molecule has 2 rings (SSSR count). The summed E-state index contributed by atoms with van der Waals surface area (Å²) in [6.45, 7) is 6.49. The Morgan fingerprint density at radius 2 is 1.95 bits per heavy atom. The van der Waals surface area contributed by atoms with Crippen molar-refractivity contribution in [1.82, 2.24) is 13.9 Å². The normalized spacial score (nSPS) is 27.8. The molecule has 2 saturated heterocycles. The van der Waals surface area contributed by atoms with Crippen molar-refractivity contribution in [2.45, 2.75) is 38.6 Å². The number of piperidine rings is 1. The van der Waals surface area contributed by atoms with Crippen LogP contribution in [-0.2, 0) is 10.2 Å². The van der Waals surface area contributed by atoms with Crippen LogP contribution >= 0.6 is 0 Å². The molecule has 2 unspecified atom stereocenters. The molecule has 0 amide bonds. The van der Waals surface area contributed by atoms with E-state index in [0.29, 0.717) is 32.1 Å². The van der Waals surface area contributed by atoms with Crippen LogP contribution in [0.25, 0.3) is 0 Å². The van der Waals surface area contributed by atoms with Crippen molar-refractivity contribution in [1.29, 1.82) is 0 Å². The molecule has 0 bridgehead atoms. The average molecular weight is 304 g/mol. The van der Waals surface area contributed by atoms with Crippen molar-refractivity contribution in [3.05, 3.63) is 0 Å². The van der Waals surface area contributed by atoms with Crippen LogP contribution in [0.5, 0.6) is 0 Å². The van der Waals surface area contributed by atoms with Gasteiger partial charge < -0.3 is 5.73 Å². The van der Waals surface area contributed by atoms with E-state index in [-0.39, 0.29) is 6.04 Å². The standard InChI is InChI=1S/C13H28N4O2S/c1-12(16-6-2-3-7-16)10-15-20(18,19)17-8-4-5-13(9-14)11-17/h12-13,15H,2-11,14H2,1H3. The Kier molecular flexibility index (Phi) is 5.80. The first-order chi connectivity index (χ1) is 9.53. The summed E-state index contributed by atoms with van der Waals surface area (Å²) in [7, 11) is -3.35. The van der Waals surface area contributed by atoms with E-state index in [1.807, 2.05) is 0 Å². The van der Waals surface area contributed by atoms with E-state index in [0.717, 1.165) is 25.9 Å². The number of nitrogens with zero attached hydrogens (tertiary/aromatic N) is 2. The van der Waals surface area contributed by atoms with E-state index in [4.69, 9.17) is 5.73 Å². The lowest BCUT2D eigenvalue weighted by molar-refractivity contribution is 0.250. The first-order valence-corrected chi connectivity index (χ1v) is 9.16. The van der Waals surface area contributed by atoms with Gasteiger partial charge in [0.25, 0.3) is 10.2 Å². The van der Waals surface area contributed by atoms with Gasteiger partial charge in [0.05, 0.1) is 0 Å². The van der Waals surface area contributed by atoms with E-state index >= 15 is 0 Å². The van der Waals surface area contributed by atoms with Crippen molar-refractivity contribution in [2.24, 2.45) is 11.7 Å². The van der Waals surface area contributed by atoms with E-state index in [9.17, 15) is 8.42 Å². The van der Waals surface area contributed by atoms with Crippen LogP contribution in [0.15, 0.2) is 0 Å². The summed E-state index contributed by atoms with van der Waals surface area (Å²) in [6.07, 6.45) is 4.39. The molecule has 0 aromatic heterocycles. The highest BCUT2D eigenvalue weighted by molar-refractivity contribution is 7.87. The molecule has 20 heavy (non-hydrogen) atoms. The van der Waals surface area contributed by atoms with E-state index in [1.165, 1.54) is 12.8 Å². The molecule has 2 aliphatic rings.